The van der Waals surface area contributed by atoms with Crippen LogP contribution in [0.3, 0.4) is 0 Å². The monoisotopic (exact) mass is 407 g/mol. The number of nitrogens with one attached hydrogen (secondary N) is 1. The molecule has 4 rings (SSSR count). The van der Waals surface area contributed by atoms with E-state index >= 15 is 0 Å². The van der Waals surface area contributed by atoms with Crippen LogP contribution in [-0.4, -0.2) is 33.6 Å². The van der Waals surface area contributed by atoms with Gasteiger partial charge in [-0.25, -0.2) is 0 Å². The second-order valence-electron chi connectivity index (χ2n) is 7.64. The molecule has 156 valence electrons. The molecule has 30 heavy (non-hydrogen) atoms. The number of methoxy groups -OCH3 is 1. The molecule has 1 aliphatic carbocycles. The van der Waals surface area contributed by atoms with Crippen LogP contribution in [0.5, 0.6) is 0 Å². The number of esters is 1. The summed E-state index contributed by atoms with van der Waals surface area (Å²) in [4.78, 5) is 32.3. The first-order valence-electron chi connectivity index (χ1n) is 10.2. The Morgan fingerprint density at radius 3 is 2.53 bits per heavy atom. The van der Waals surface area contributed by atoms with Gasteiger partial charge in [0.05, 0.1) is 30.7 Å². The zero-order valence-electron chi connectivity index (χ0n) is 16.9. The normalized spacial score (nSPS) is 19.7. The van der Waals surface area contributed by atoms with Gasteiger partial charge >= 0.3 is 5.97 Å². The van der Waals surface area contributed by atoms with Crippen LogP contribution in [0, 0.1) is 5.92 Å². The van der Waals surface area contributed by atoms with Crippen molar-refractivity contribution in [2.45, 2.75) is 38.3 Å². The van der Waals surface area contributed by atoms with E-state index in [9.17, 15) is 14.7 Å². The SMILES string of the molecule is COC(=O)[C@H]1CC[C@@H](n2/c(=N/C(=O)c3ccccc3)[nH]c3ccc(CO)cc32)CC1. The lowest BCUT2D eigenvalue weighted by Gasteiger charge is -2.28. The van der Waals surface area contributed by atoms with E-state index in [0.717, 1.165) is 42.3 Å². The number of aromatic nitrogens is 2. The first-order valence-corrected chi connectivity index (χ1v) is 10.2. The van der Waals surface area contributed by atoms with Crippen molar-refractivity contribution in [3.8, 4) is 0 Å². The predicted octanol–water partition coefficient (Wildman–Crippen LogP) is 3.11. The number of H-pyrrole nitrogens is 1. The number of carbonyl (C=O) groups is 2. The van der Waals surface area contributed by atoms with Gasteiger partial charge in [0, 0.05) is 11.6 Å². The van der Waals surface area contributed by atoms with Crippen molar-refractivity contribution in [3.63, 3.8) is 0 Å². The molecule has 3 aromatic rings. The molecule has 0 spiro atoms. The smallest absolute Gasteiger partial charge is 0.308 e. The first-order chi connectivity index (χ1) is 14.6. The minimum Gasteiger partial charge on any atom is -0.469 e. The molecular weight excluding hydrogens is 382 g/mol. The number of aliphatic hydroxyl groups excluding tert-OH is 1. The number of hydrogen-bond acceptors (Lipinski definition) is 4. The van der Waals surface area contributed by atoms with Crippen molar-refractivity contribution in [1.29, 1.82) is 0 Å². The zero-order chi connectivity index (χ0) is 21.1. The largest absolute Gasteiger partial charge is 0.469 e. The summed E-state index contributed by atoms with van der Waals surface area (Å²) >= 11 is 0. The molecule has 0 unspecified atom stereocenters. The summed E-state index contributed by atoms with van der Waals surface area (Å²) in [6, 6.07) is 14.7. The quantitative estimate of drug-likeness (QED) is 0.650. The minimum atomic E-state index is -0.318. The van der Waals surface area contributed by atoms with Gasteiger partial charge in [0.1, 0.15) is 0 Å². The van der Waals surface area contributed by atoms with Crippen LogP contribution in [0.25, 0.3) is 11.0 Å². The van der Waals surface area contributed by atoms with Crippen LogP contribution in [0.4, 0.5) is 0 Å². The van der Waals surface area contributed by atoms with Crippen LogP contribution < -0.4 is 5.62 Å². The van der Waals surface area contributed by atoms with Crippen molar-refractivity contribution < 1.29 is 19.4 Å². The molecule has 0 bridgehead atoms. The lowest BCUT2D eigenvalue weighted by molar-refractivity contribution is -0.146. The second-order valence-corrected chi connectivity index (χ2v) is 7.64. The van der Waals surface area contributed by atoms with Crippen LogP contribution in [0.15, 0.2) is 53.5 Å². The fourth-order valence-electron chi connectivity index (χ4n) is 4.20. The zero-order valence-corrected chi connectivity index (χ0v) is 16.9. The van der Waals surface area contributed by atoms with Gasteiger partial charge in [-0.3, -0.25) is 9.59 Å². The number of rotatable bonds is 4. The number of fused-ring (bicyclic) bond motifs is 1. The molecular formula is C23H25N3O4. The Kier molecular flexibility index (Phi) is 5.81. The highest BCUT2D eigenvalue weighted by Crippen LogP contribution is 2.33. The molecule has 7 heteroatoms. The minimum absolute atomic E-state index is 0.0639. The number of amides is 1. The van der Waals surface area contributed by atoms with Crippen molar-refractivity contribution >= 4 is 22.9 Å². The van der Waals surface area contributed by atoms with Gasteiger partial charge in [0.15, 0.2) is 0 Å². The van der Waals surface area contributed by atoms with E-state index in [0.29, 0.717) is 11.2 Å². The van der Waals surface area contributed by atoms with Gasteiger partial charge in [-0.15, -0.1) is 0 Å². The van der Waals surface area contributed by atoms with Gasteiger partial charge in [0.25, 0.3) is 5.91 Å². The summed E-state index contributed by atoms with van der Waals surface area (Å²) in [6.45, 7) is -0.0639. The highest BCUT2D eigenvalue weighted by Gasteiger charge is 2.29. The Hall–Kier alpha value is -3.19. The molecule has 1 aliphatic rings. The molecule has 2 aromatic carbocycles. The van der Waals surface area contributed by atoms with Gasteiger partial charge in [-0.1, -0.05) is 24.3 Å². The molecule has 1 saturated carbocycles. The molecule has 0 saturated heterocycles. The first kappa shape index (κ1) is 20.1. The van der Waals surface area contributed by atoms with Crippen LogP contribution in [-0.2, 0) is 16.1 Å². The Balaban J connectivity index is 1.76. The third kappa shape index (κ3) is 3.93. The lowest BCUT2D eigenvalue weighted by atomic mass is 9.86. The van der Waals surface area contributed by atoms with E-state index in [-0.39, 0.29) is 30.4 Å². The van der Waals surface area contributed by atoms with E-state index in [1.54, 1.807) is 12.1 Å². The van der Waals surface area contributed by atoms with Crippen molar-refractivity contribution in [2.75, 3.05) is 7.11 Å². The van der Waals surface area contributed by atoms with Gasteiger partial charge in [-0.05, 0) is 55.5 Å². The molecule has 0 radical (unpaired) electrons. The van der Waals surface area contributed by atoms with E-state index in [1.807, 2.05) is 41.0 Å². The van der Waals surface area contributed by atoms with Crippen LogP contribution >= 0.6 is 0 Å². The Bertz CT molecular complexity index is 1120. The van der Waals surface area contributed by atoms with Crippen LogP contribution in [0.2, 0.25) is 0 Å². The molecule has 0 aliphatic heterocycles. The average molecular weight is 407 g/mol. The third-order valence-electron chi connectivity index (χ3n) is 5.80. The van der Waals surface area contributed by atoms with Crippen molar-refractivity contribution in [2.24, 2.45) is 10.9 Å². The molecule has 1 fully saturated rings. The number of ether oxygens (including phenoxy) is 1. The maximum absolute atomic E-state index is 12.7. The van der Waals surface area contributed by atoms with Gasteiger partial charge < -0.3 is 19.4 Å². The van der Waals surface area contributed by atoms with Gasteiger partial charge in [-0.2, -0.15) is 4.99 Å². The Morgan fingerprint density at radius 1 is 1.13 bits per heavy atom. The second kappa shape index (κ2) is 8.67. The maximum Gasteiger partial charge on any atom is 0.308 e. The van der Waals surface area contributed by atoms with E-state index in [4.69, 9.17) is 4.74 Å². The summed E-state index contributed by atoms with van der Waals surface area (Å²) in [5.74, 6) is -0.568. The number of aromatic amines is 1. The predicted molar refractivity (Wildman–Crippen MR) is 112 cm³/mol. The molecule has 0 atom stereocenters. The average Bonchev–Trinajstić information content (AvgIpc) is 3.15. The highest BCUT2D eigenvalue weighted by atomic mass is 16.5. The van der Waals surface area contributed by atoms with Crippen molar-refractivity contribution in [1.82, 2.24) is 9.55 Å². The molecule has 2 N–H and O–H groups in total. The van der Waals surface area contributed by atoms with E-state index in [2.05, 4.69) is 9.98 Å². The summed E-state index contributed by atoms with van der Waals surface area (Å²) in [6.07, 6.45) is 3.01. The summed E-state index contributed by atoms with van der Waals surface area (Å²) < 4.78 is 6.94. The van der Waals surface area contributed by atoms with E-state index in [1.165, 1.54) is 7.11 Å². The number of imidazole rings is 1. The number of hydrogen-bond donors (Lipinski definition) is 2. The number of carbonyl (C=O) groups excluding carboxylic acids is 2. The van der Waals surface area contributed by atoms with Crippen LogP contribution in [0.1, 0.15) is 47.6 Å². The number of benzene rings is 2. The van der Waals surface area contributed by atoms with Gasteiger partial charge in [0.2, 0.25) is 5.62 Å². The Labute approximate surface area is 174 Å². The molecule has 7 nitrogen and oxygen atoms in total. The summed E-state index contributed by atoms with van der Waals surface area (Å²) in [7, 11) is 1.42. The summed E-state index contributed by atoms with van der Waals surface area (Å²) in [5.41, 5.74) is 3.53. The highest BCUT2D eigenvalue weighted by molar-refractivity contribution is 5.94. The maximum atomic E-state index is 12.7. The topological polar surface area (TPSA) is 96.7 Å². The van der Waals surface area contributed by atoms with Crippen molar-refractivity contribution in [3.05, 3.63) is 65.3 Å². The number of aliphatic hydroxyl groups is 1. The fraction of sp³-hybridized carbons (Fsp3) is 0.348. The third-order valence-corrected chi connectivity index (χ3v) is 5.80. The number of nitrogens with zero attached hydrogens (tertiary/aromatic N) is 2. The summed E-state index contributed by atoms with van der Waals surface area (Å²) in [5, 5.41) is 9.57. The molecule has 1 amide bonds. The van der Waals surface area contributed by atoms with E-state index < -0.39 is 0 Å². The Morgan fingerprint density at radius 2 is 1.87 bits per heavy atom. The fourth-order valence-corrected chi connectivity index (χ4v) is 4.20. The molecule has 1 aromatic heterocycles. The lowest BCUT2D eigenvalue weighted by Crippen LogP contribution is -2.30. The standard InChI is InChI=1S/C23H25N3O4/c1-30-22(29)17-8-10-18(11-9-17)26-20-13-15(14-27)7-12-19(20)24-23(26)25-21(28)16-5-3-2-4-6-16/h2-7,12-13,17-18,27H,8-11,14H2,1H3,(H,24,25,28)/t17-,18+. The molecule has 1 heterocycles.